The molecule has 0 aliphatic carbocycles. The first kappa shape index (κ1) is 17.8. The summed E-state index contributed by atoms with van der Waals surface area (Å²) in [5, 5.41) is 12.5. The zero-order valence-corrected chi connectivity index (χ0v) is 15.2. The molecule has 0 radical (unpaired) electrons. The van der Waals surface area contributed by atoms with E-state index in [9.17, 15) is 10.1 Å². The Morgan fingerprint density at radius 1 is 1.19 bits per heavy atom. The van der Waals surface area contributed by atoms with Gasteiger partial charge in [0.05, 0.1) is 5.02 Å². The number of amides is 1. The van der Waals surface area contributed by atoms with Gasteiger partial charge < -0.3 is 14.8 Å². The van der Waals surface area contributed by atoms with Gasteiger partial charge in [0, 0.05) is 5.69 Å². The number of rotatable bonds is 3. The van der Waals surface area contributed by atoms with Crippen LogP contribution in [-0.4, -0.2) is 19.1 Å². The molecule has 3 rings (SSSR count). The number of benzene rings is 2. The molecule has 26 heavy (non-hydrogen) atoms. The van der Waals surface area contributed by atoms with Gasteiger partial charge in [0.2, 0.25) is 0 Å². The molecule has 1 N–H and O–H groups in total. The second kappa shape index (κ2) is 7.51. The summed E-state index contributed by atoms with van der Waals surface area (Å²) in [6, 6.07) is 10.8. The van der Waals surface area contributed by atoms with Gasteiger partial charge in [0.1, 0.15) is 24.9 Å². The van der Waals surface area contributed by atoms with Crippen molar-refractivity contribution in [2.45, 2.75) is 13.8 Å². The van der Waals surface area contributed by atoms with Gasteiger partial charge >= 0.3 is 0 Å². The van der Waals surface area contributed by atoms with E-state index in [1.807, 2.05) is 32.0 Å². The first-order valence-electron chi connectivity index (χ1n) is 8.07. The smallest absolute Gasteiger partial charge is 0.266 e. The fraction of sp³-hybridized carbons (Fsp3) is 0.200. The Morgan fingerprint density at radius 3 is 2.69 bits per heavy atom. The molecular weight excluding hydrogens is 352 g/mol. The minimum absolute atomic E-state index is 0.0315. The molecule has 2 aromatic rings. The number of aryl methyl sites for hydroxylation is 2. The molecule has 0 aromatic heterocycles. The summed E-state index contributed by atoms with van der Waals surface area (Å²) >= 11 is 6.20. The van der Waals surface area contributed by atoms with E-state index in [4.69, 9.17) is 21.1 Å². The lowest BCUT2D eigenvalue weighted by molar-refractivity contribution is -0.112. The van der Waals surface area contributed by atoms with Crippen LogP contribution in [0, 0.1) is 25.2 Å². The zero-order chi connectivity index (χ0) is 18.7. The molecule has 0 saturated heterocycles. The van der Waals surface area contributed by atoms with Crippen LogP contribution in [0.4, 0.5) is 5.69 Å². The van der Waals surface area contributed by atoms with Crippen molar-refractivity contribution in [1.29, 1.82) is 5.26 Å². The predicted molar refractivity (Wildman–Crippen MR) is 101 cm³/mol. The number of carbonyl (C=O) groups excluding carboxylic acids is 1. The number of carbonyl (C=O) groups is 1. The third kappa shape index (κ3) is 3.81. The largest absolute Gasteiger partial charge is 0.486 e. The van der Waals surface area contributed by atoms with Gasteiger partial charge in [-0.3, -0.25) is 4.79 Å². The van der Waals surface area contributed by atoms with Gasteiger partial charge in [-0.1, -0.05) is 17.7 Å². The van der Waals surface area contributed by atoms with E-state index in [0.717, 1.165) is 11.1 Å². The maximum atomic E-state index is 12.4. The van der Waals surface area contributed by atoms with Crippen LogP contribution in [0.3, 0.4) is 0 Å². The van der Waals surface area contributed by atoms with Crippen molar-refractivity contribution in [3.05, 3.63) is 57.6 Å². The minimum atomic E-state index is -0.484. The van der Waals surface area contributed by atoms with Crippen LogP contribution in [0.5, 0.6) is 11.5 Å². The normalized spacial score (nSPS) is 13.1. The number of fused-ring (bicyclic) bond motifs is 1. The highest BCUT2D eigenvalue weighted by Gasteiger charge is 2.17. The van der Waals surface area contributed by atoms with Crippen LogP contribution in [0.15, 0.2) is 35.9 Å². The summed E-state index contributed by atoms with van der Waals surface area (Å²) < 4.78 is 11.0. The second-order valence-electron chi connectivity index (χ2n) is 5.95. The summed E-state index contributed by atoms with van der Waals surface area (Å²) in [4.78, 5) is 12.4. The molecule has 0 fully saturated rings. The predicted octanol–water partition coefficient (Wildman–Crippen LogP) is 4.27. The summed E-state index contributed by atoms with van der Waals surface area (Å²) in [7, 11) is 0. The van der Waals surface area contributed by atoms with Crippen LogP contribution >= 0.6 is 11.6 Å². The van der Waals surface area contributed by atoms with Gasteiger partial charge in [-0.2, -0.15) is 5.26 Å². The number of nitrogens with zero attached hydrogens (tertiary/aromatic N) is 1. The van der Waals surface area contributed by atoms with Crippen molar-refractivity contribution in [2.24, 2.45) is 0 Å². The highest BCUT2D eigenvalue weighted by molar-refractivity contribution is 6.32. The molecule has 0 spiro atoms. The molecule has 2 aromatic carbocycles. The van der Waals surface area contributed by atoms with Crippen LogP contribution in [0.25, 0.3) is 6.08 Å². The van der Waals surface area contributed by atoms with Crippen molar-refractivity contribution in [3.8, 4) is 17.6 Å². The number of anilines is 1. The topological polar surface area (TPSA) is 71.4 Å². The molecule has 132 valence electrons. The zero-order valence-electron chi connectivity index (χ0n) is 14.4. The van der Waals surface area contributed by atoms with Crippen molar-refractivity contribution < 1.29 is 14.3 Å². The summed E-state index contributed by atoms with van der Waals surface area (Å²) in [6.07, 6.45) is 1.47. The number of ether oxygens (including phenoxy) is 2. The van der Waals surface area contributed by atoms with Crippen molar-refractivity contribution in [1.82, 2.24) is 0 Å². The molecule has 0 bridgehead atoms. The third-order valence-corrected chi connectivity index (χ3v) is 4.34. The Balaban J connectivity index is 1.86. The number of hydrogen-bond acceptors (Lipinski definition) is 4. The molecule has 0 atom stereocenters. The maximum absolute atomic E-state index is 12.4. The molecular formula is C20H17ClN2O3. The van der Waals surface area contributed by atoms with Crippen LogP contribution in [0.1, 0.15) is 16.7 Å². The molecule has 6 heteroatoms. The molecule has 1 amide bonds. The van der Waals surface area contributed by atoms with Crippen LogP contribution in [0.2, 0.25) is 5.02 Å². The van der Waals surface area contributed by atoms with E-state index < -0.39 is 5.91 Å². The number of halogens is 1. The summed E-state index contributed by atoms with van der Waals surface area (Å²) in [5.41, 5.74) is 3.38. The van der Waals surface area contributed by atoms with Gasteiger partial charge in [-0.25, -0.2) is 0 Å². The molecule has 1 aliphatic rings. The number of nitrogens with one attached hydrogen (secondary N) is 1. The van der Waals surface area contributed by atoms with E-state index in [2.05, 4.69) is 5.32 Å². The highest BCUT2D eigenvalue weighted by Crippen LogP contribution is 2.38. The van der Waals surface area contributed by atoms with E-state index in [-0.39, 0.29) is 5.57 Å². The lowest BCUT2D eigenvalue weighted by atomic mass is 10.1. The average molecular weight is 369 g/mol. The summed E-state index contributed by atoms with van der Waals surface area (Å²) in [6.45, 7) is 4.81. The SMILES string of the molecule is Cc1ccc(NC(=O)/C(C#N)=C/c2cc(Cl)c3c(c2)OCCO3)cc1C. The first-order valence-corrected chi connectivity index (χ1v) is 8.45. The van der Waals surface area contributed by atoms with Gasteiger partial charge in [-0.15, -0.1) is 0 Å². The Morgan fingerprint density at radius 2 is 1.96 bits per heavy atom. The van der Waals surface area contributed by atoms with E-state index in [0.29, 0.717) is 41.0 Å². The van der Waals surface area contributed by atoms with Crippen LogP contribution in [-0.2, 0) is 4.79 Å². The Hall–Kier alpha value is -2.97. The Labute approximate surface area is 156 Å². The highest BCUT2D eigenvalue weighted by atomic mass is 35.5. The van der Waals surface area contributed by atoms with Gasteiger partial charge in [-0.05, 0) is 60.9 Å². The first-order chi connectivity index (χ1) is 12.5. The molecule has 0 saturated carbocycles. The summed E-state index contributed by atoms with van der Waals surface area (Å²) in [5.74, 6) is 0.497. The third-order valence-electron chi connectivity index (χ3n) is 4.06. The van der Waals surface area contributed by atoms with Crippen molar-refractivity contribution in [2.75, 3.05) is 18.5 Å². The van der Waals surface area contributed by atoms with Crippen molar-refractivity contribution >= 4 is 29.3 Å². The molecule has 1 aliphatic heterocycles. The fourth-order valence-corrected chi connectivity index (χ4v) is 2.82. The van der Waals surface area contributed by atoms with Gasteiger partial charge in [0.15, 0.2) is 11.5 Å². The average Bonchev–Trinajstić information content (AvgIpc) is 2.62. The molecule has 5 nitrogen and oxygen atoms in total. The second-order valence-corrected chi connectivity index (χ2v) is 6.36. The fourth-order valence-electron chi connectivity index (χ4n) is 2.55. The van der Waals surface area contributed by atoms with E-state index in [1.165, 1.54) is 6.08 Å². The Bertz CT molecular complexity index is 945. The number of hydrogen-bond donors (Lipinski definition) is 1. The van der Waals surface area contributed by atoms with Crippen LogP contribution < -0.4 is 14.8 Å². The maximum Gasteiger partial charge on any atom is 0.266 e. The molecule has 1 heterocycles. The molecule has 0 unspecified atom stereocenters. The lowest BCUT2D eigenvalue weighted by Crippen LogP contribution is -2.16. The quantitative estimate of drug-likeness (QED) is 0.648. The van der Waals surface area contributed by atoms with E-state index in [1.54, 1.807) is 18.2 Å². The standard InChI is InChI=1S/C20H17ClN2O3/c1-12-3-4-16(7-13(12)2)23-20(24)15(11-22)8-14-9-17(21)19-18(10-14)25-5-6-26-19/h3-4,7-10H,5-6H2,1-2H3,(H,23,24)/b15-8+. The minimum Gasteiger partial charge on any atom is -0.486 e. The lowest BCUT2D eigenvalue weighted by Gasteiger charge is -2.19. The van der Waals surface area contributed by atoms with Gasteiger partial charge in [0.25, 0.3) is 5.91 Å². The Kier molecular flexibility index (Phi) is 5.15. The number of nitriles is 1. The van der Waals surface area contributed by atoms with E-state index >= 15 is 0 Å². The van der Waals surface area contributed by atoms with Crippen molar-refractivity contribution in [3.63, 3.8) is 0 Å². The monoisotopic (exact) mass is 368 g/mol.